The Kier molecular flexibility index (Phi) is 6.31. The number of ether oxygens (including phenoxy) is 1. The van der Waals surface area contributed by atoms with E-state index < -0.39 is 5.97 Å². The average molecular weight is 267 g/mol. The van der Waals surface area contributed by atoms with Crippen molar-refractivity contribution in [2.75, 3.05) is 19.8 Å². The van der Waals surface area contributed by atoms with Crippen LogP contribution in [0.15, 0.2) is 24.4 Å². The van der Waals surface area contributed by atoms with Crippen LogP contribution in [0, 0.1) is 0 Å². The molecular weight excluding hydrogens is 250 g/mol. The third-order valence-corrected chi connectivity index (χ3v) is 2.24. The predicted octanol–water partition coefficient (Wildman–Crippen LogP) is 0.543. The monoisotopic (exact) mass is 267 g/mol. The number of carboxylic acid groups (broad SMARTS) is 1. The summed E-state index contributed by atoms with van der Waals surface area (Å²) in [6.45, 7) is 1.85. The van der Waals surface area contributed by atoms with Crippen LogP contribution in [0.4, 0.5) is 4.79 Å². The molecular formula is C12H17N3O4. The van der Waals surface area contributed by atoms with Crippen LogP contribution in [0.2, 0.25) is 0 Å². The fourth-order valence-electron chi connectivity index (χ4n) is 1.35. The zero-order chi connectivity index (χ0) is 14.1. The summed E-state index contributed by atoms with van der Waals surface area (Å²) >= 11 is 0. The quantitative estimate of drug-likeness (QED) is 0.626. The van der Waals surface area contributed by atoms with Gasteiger partial charge in [-0.25, -0.2) is 9.59 Å². The molecule has 0 radical (unpaired) electrons. The Bertz CT molecular complexity index is 411. The number of amides is 2. The van der Waals surface area contributed by atoms with Crippen molar-refractivity contribution < 1.29 is 19.4 Å². The van der Waals surface area contributed by atoms with Gasteiger partial charge in [-0.05, 0) is 19.1 Å². The van der Waals surface area contributed by atoms with Crippen LogP contribution in [0.1, 0.15) is 18.7 Å². The van der Waals surface area contributed by atoms with E-state index in [0.717, 1.165) is 5.69 Å². The van der Waals surface area contributed by atoms with Crippen LogP contribution >= 0.6 is 0 Å². The normalized spacial score (nSPS) is 11.6. The van der Waals surface area contributed by atoms with Crippen molar-refractivity contribution in [3.63, 3.8) is 0 Å². The standard InChI is InChI=1S/C12H17N3O4/c1-9(10-4-2-3-5-13-10)15-12(18)14-6-7-19-8-11(16)17/h2-5,9H,6-8H2,1H3,(H,16,17)(H2,14,15,18). The zero-order valence-electron chi connectivity index (χ0n) is 10.6. The van der Waals surface area contributed by atoms with Crippen molar-refractivity contribution in [1.82, 2.24) is 15.6 Å². The Morgan fingerprint density at radius 2 is 2.26 bits per heavy atom. The summed E-state index contributed by atoms with van der Waals surface area (Å²) in [6.07, 6.45) is 1.66. The molecule has 0 aliphatic carbocycles. The molecule has 0 saturated carbocycles. The lowest BCUT2D eigenvalue weighted by atomic mass is 10.2. The number of nitrogens with zero attached hydrogens (tertiary/aromatic N) is 1. The van der Waals surface area contributed by atoms with Crippen LogP contribution in [0.5, 0.6) is 0 Å². The van der Waals surface area contributed by atoms with E-state index in [-0.39, 0.29) is 31.8 Å². The van der Waals surface area contributed by atoms with Gasteiger partial charge >= 0.3 is 12.0 Å². The maximum Gasteiger partial charge on any atom is 0.329 e. The third-order valence-electron chi connectivity index (χ3n) is 2.24. The molecule has 19 heavy (non-hydrogen) atoms. The highest BCUT2D eigenvalue weighted by atomic mass is 16.5. The largest absolute Gasteiger partial charge is 0.480 e. The highest BCUT2D eigenvalue weighted by Gasteiger charge is 2.09. The molecule has 1 unspecified atom stereocenters. The van der Waals surface area contributed by atoms with Crippen molar-refractivity contribution in [1.29, 1.82) is 0 Å². The number of carboxylic acids is 1. The minimum absolute atomic E-state index is 0.150. The first-order chi connectivity index (χ1) is 9.09. The number of hydrogen-bond acceptors (Lipinski definition) is 4. The van der Waals surface area contributed by atoms with Crippen LogP contribution in [-0.4, -0.2) is 41.8 Å². The van der Waals surface area contributed by atoms with Crippen molar-refractivity contribution in [3.8, 4) is 0 Å². The molecule has 2 amide bonds. The third kappa shape index (κ3) is 6.37. The van der Waals surface area contributed by atoms with Gasteiger partial charge in [0.25, 0.3) is 0 Å². The summed E-state index contributed by atoms with van der Waals surface area (Å²) in [5, 5.41) is 13.6. The lowest BCUT2D eigenvalue weighted by Gasteiger charge is -2.13. The van der Waals surface area contributed by atoms with Gasteiger partial charge in [-0.15, -0.1) is 0 Å². The second-order valence-corrected chi connectivity index (χ2v) is 3.82. The predicted molar refractivity (Wildman–Crippen MR) is 67.6 cm³/mol. The van der Waals surface area contributed by atoms with E-state index in [1.54, 1.807) is 12.3 Å². The van der Waals surface area contributed by atoms with E-state index in [0.29, 0.717) is 0 Å². The minimum Gasteiger partial charge on any atom is -0.480 e. The summed E-state index contributed by atoms with van der Waals surface area (Å²) in [6, 6.07) is 4.91. The van der Waals surface area contributed by atoms with Crippen molar-refractivity contribution in [2.24, 2.45) is 0 Å². The van der Waals surface area contributed by atoms with E-state index in [9.17, 15) is 9.59 Å². The van der Waals surface area contributed by atoms with Crippen molar-refractivity contribution >= 4 is 12.0 Å². The van der Waals surface area contributed by atoms with E-state index in [1.165, 1.54) is 0 Å². The van der Waals surface area contributed by atoms with Crippen LogP contribution < -0.4 is 10.6 Å². The number of urea groups is 1. The maximum absolute atomic E-state index is 11.5. The van der Waals surface area contributed by atoms with Gasteiger partial charge in [0.05, 0.1) is 18.3 Å². The number of aromatic nitrogens is 1. The van der Waals surface area contributed by atoms with E-state index in [2.05, 4.69) is 15.6 Å². The summed E-state index contributed by atoms with van der Waals surface area (Å²) in [5.41, 5.74) is 0.764. The number of carbonyl (C=O) groups is 2. The maximum atomic E-state index is 11.5. The van der Waals surface area contributed by atoms with Gasteiger partial charge in [-0.2, -0.15) is 0 Å². The van der Waals surface area contributed by atoms with E-state index >= 15 is 0 Å². The van der Waals surface area contributed by atoms with E-state index in [1.807, 2.05) is 19.1 Å². The Morgan fingerprint density at radius 3 is 2.89 bits per heavy atom. The minimum atomic E-state index is -1.03. The molecule has 3 N–H and O–H groups in total. The van der Waals surface area contributed by atoms with Crippen molar-refractivity contribution in [3.05, 3.63) is 30.1 Å². The first-order valence-electron chi connectivity index (χ1n) is 5.84. The van der Waals surface area contributed by atoms with Crippen LogP contribution in [0.25, 0.3) is 0 Å². The molecule has 1 heterocycles. The lowest BCUT2D eigenvalue weighted by Crippen LogP contribution is -2.39. The summed E-state index contributed by atoms with van der Waals surface area (Å²) in [5.74, 6) is -1.03. The summed E-state index contributed by atoms with van der Waals surface area (Å²) in [7, 11) is 0. The molecule has 0 aliphatic rings. The molecule has 0 aliphatic heterocycles. The molecule has 0 fully saturated rings. The fourth-order valence-corrected chi connectivity index (χ4v) is 1.35. The first-order valence-corrected chi connectivity index (χ1v) is 5.84. The molecule has 0 aromatic carbocycles. The summed E-state index contributed by atoms with van der Waals surface area (Å²) < 4.78 is 4.78. The van der Waals surface area contributed by atoms with Crippen LogP contribution in [-0.2, 0) is 9.53 Å². The van der Waals surface area contributed by atoms with Crippen LogP contribution in [0.3, 0.4) is 0 Å². The molecule has 0 spiro atoms. The molecule has 7 heteroatoms. The molecule has 1 aromatic rings. The highest BCUT2D eigenvalue weighted by Crippen LogP contribution is 2.06. The lowest BCUT2D eigenvalue weighted by molar-refractivity contribution is -0.142. The Labute approximate surface area is 111 Å². The zero-order valence-corrected chi connectivity index (χ0v) is 10.6. The smallest absolute Gasteiger partial charge is 0.329 e. The first kappa shape index (κ1) is 14.9. The Balaban J connectivity index is 2.19. The molecule has 104 valence electrons. The van der Waals surface area contributed by atoms with Gasteiger partial charge in [-0.3, -0.25) is 4.98 Å². The second kappa shape index (κ2) is 8.04. The number of carbonyl (C=O) groups excluding carboxylic acids is 1. The number of nitrogens with one attached hydrogen (secondary N) is 2. The van der Waals surface area contributed by atoms with Gasteiger partial charge in [0.2, 0.25) is 0 Å². The molecule has 0 bridgehead atoms. The number of rotatable bonds is 7. The molecule has 1 aromatic heterocycles. The molecule has 7 nitrogen and oxygen atoms in total. The molecule has 0 saturated heterocycles. The Hall–Kier alpha value is -2.15. The van der Waals surface area contributed by atoms with Gasteiger partial charge in [-0.1, -0.05) is 6.07 Å². The number of hydrogen-bond donors (Lipinski definition) is 3. The van der Waals surface area contributed by atoms with Gasteiger partial charge in [0.1, 0.15) is 6.61 Å². The van der Waals surface area contributed by atoms with Gasteiger partial charge in [0, 0.05) is 12.7 Å². The van der Waals surface area contributed by atoms with Gasteiger partial charge < -0.3 is 20.5 Å². The van der Waals surface area contributed by atoms with Gasteiger partial charge in [0.15, 0.2) is 0 Å². The average Bonchev–Trinajstić information content (AvgIpc) is 2.39. The SMILES string of the molecule is CC(NC(=O)NCCOCC(=O)O)c1ccccn1. The highest BCUT2D eigenvalue weighted by molar-refractivity contribution is 5.74. The van der Waals surface area contributed by atoms with Crippen molar-refractivity contribution in [2.45, 2.75) is 13.0 Å². The van der Waals surface area contributed by atoms with E-state index in [4.69, 9.17) is 9.84 Å². The second-order valence-electron chi connectivity index (χ2n) is 3.82. The molecule has 1 rings (SSSR count). The molecule has 1 atom stereocenters. The summed E-state index contributed by atoms with van der Waals surface area (Å²) in [4.78, 5) is 25.8. The fraction of sp³-hybridized carbons (Fsp3) is 0.417. The number of aliphatic carboxylic acids is 1. The topological polar surface area (TPSA) is 101 Å². The Morgan fingerprint density at radius 1 is 1.47 bits per heavy atom. The number of pyridine rings is 1.